The van der Waals surface area contributed by atoms with Crippen LogP contribution in [0.3, 0.4) is 0 Å². The van der Waals surface area contributed by atoms with E-state index in [0.717, 1.165) is 54.1 Å². The number of hydrogen-bond acceptors (Lipinski definition) is 4. The lowest BCUT2D eigenvalue weighted by atomic mass is 9.93. The van der Waals surface area contributed by atoms with Gasteiger partial charge >= 0.3 is 6.03 Å². The van der Waals surface area contributed by atoms with Gasteiger partial charge in [-0.1, -0.05) is 48.5 Å². The van der Waals surface area contributed by atoms with E-state index >= 15 is 0 Å². The molecule has 2 amide bonds. The number of aromatic nitrogens is 3. The number of anilines is 1. The fourth-order valence-electron chi connectivity index (χ4n) is 5.57. The molecule has 3 atom stereocenters. The lowest BCUT2D eigenvalue weighted by Gasteiger charge is -2.22. The van der Waals surface area contributed by atoms with E-state index in [-0.39, 0.29) is 18.0 Å². The summed E-state index contributed by atoms with van der Waals surface area (Å²) < 4.78 is 7.15. The molecular formula is C31H35N5O2. The number of hydrogen-bond donors (Lipinski definition) is 2. The number of ether oxygens (including phenoxy) is 1. The van der Waals surface area contributed by atoms with E-state index in [9.17, 15) is 4.79 Å². The van der Waals surface area contributed by atoms with E-state index in [1.54, 1.807) is 13.3 Å². The van der Waals surface area contributed by atoms with Gasteiger partial charge in [-0.05, 0) is 68.9 Å². The maximum atomic E-state index is 13.5. The maximum absolute atomic E-state index is 13.5. The van der Waals surface area contributed by atoms with Gasteiger partial charge in [0.05, 0.1) is 11.4 Å². The average Bonchev–Trinajstić information content (AvgIpc) is 3.49. The summed E-state index contributed by atoms with van der Waals surface area (Å²) in [5.74, 6) is 1.42. The van der Waals surface area contributed by atoms with E-state index < -0.39 is 0 Å². The minimum absolute atomic E-state index is 0.0370. The number of aryl methyl sites for hydroxylation is 1. The molecule has 2 aromatic carbocycles. The second kappa shape index (κ2) is 11.6. The third-order valence-electron chi connectivity index (χ3n) is 7.46. The van der Waals surface area contributed by atoms with Gasteiger partial charge in [0.1, 0.15) is 5.82 Å². The number of benzene rings is 2. The highest BCUT2D eigenvalue weighted by molar-refractivity contribution is 5.91. The molecule has 0 spiro atoms. The molecule has 2 aromatic heterocycles. The molecule has 0 saturated heterocycles. The Kier molecular flexibility index (Phi) is 7.84. The molecule has 5 rings (SSSR count). The van der Waals surface area contributed by atoms with Crippen molar-refractivity contribution in [1.82, 2.24) is 20.1 Å². The molecule has 4 aromatic rings. The number of nitrogens with zero attached hydrogens (tertiary/aromatic N) is 3. The molecule has 2 N–H and O–H groups in total. The minimum atomic E-state index is -0.221. The van der Waals surface area contributed by atoms with Gasteiger partial charge in [-0.15, -0.1) is 0 Å². The van der Waals surface area contributed by atoms with Gasteiger partial charge in [-0.25, -0.2) is 9.48 Å². The van der Waals surface area contributed by atoms with Crippen LogP contribution < -0.4 is 10.6 Å². The quantitative estimate of drug-likeness (QED) is 0.293. The lowest BCUT2D eigenvalue weighted by molar-refractivity contribution is 0.177. The SMILES string of the molecule is COCCC1CC(NC(=O)Nc2c(C)c(-c3ccnc(C)c3)nn2-c2ccccc2)[C@H](c2ccccc2)C1. The van der Waals surface area contributed by atoms with Gasteiger partial charge in [0.15, 0.2) is 0 Å². The predicted molar refractivity (Wildman–Crippen MR) is 151 cm³/mol. The monoisotopic (exact) mass is 509 g/mol. The number of rotatable bonds is 8. The number of nitrogens with one attached hydrogen (secondary N) is 2. The summed E-state index contributed by atoms with van der Waals surface area (Å²) in [7, 11) is 1.74. The van der Waals surface area contributed by atoms with Crippen molar-refractivity contribution in [2.24, 2.45) is 5.92 Å². The lowest BCUT2D eigenvalue weighted by Crippen LogP contribution is -2.40. The van der Waals surface area contributed by atoms with Crippen LogP contribution in [0.5, 0.6) is 0 Å². The molecule has 38 heavy (non-hydrogen) atoms. The Balaban J connectivity index is 1.42. The van der Waals surface area contributed by atoms with Gasteiger partial charge in [-0.3, -0.25) is 10.3 Å². The maximum Gasteiger partial charge on any atom is 0.320 e. The van der Waals surface area contributed by atoms with Gasteiger partial charge in [0, 0.05) is 48.7 Å². The summed E-state index contributed by atoms with van der Waals surface area (Å²) in [6.45, 7) is 4.69. The van der Waals surface area contributed by atoms with Gasteiger partial charge in [0.2, 0.25) is 0 Å². The van der Waals surface area contributed by atoms with Crippen molar-refractivity contribution in [3.63, 3.8) is 0 Å². The molecule has 196 valence electrons. The molecule has 2 unspecified atom stereocenters. The van der Waals surface area contributed by atoms with Crippen LogP contribution in [0.2, 0.25) is 0 Å². The molecule has 1 saturated carbocycles. The Hall–Kier alpha value is -3.97. The minimum Gasteiger partial charge on any atom is -0.385 e. The first-order valence-corrected chi connectivity index (χ1v) is 13.2. The van der Waals surface area contributed by atoms with Crippen LogP contribution in [0.1, 0.15) is 42.0 Å². The second-order valence-corrected chi connectivity index (χ2v) is 10.1. The largest absolute Gasteiger partial charge is 0.385 e. The van der Waals surface area contributed by atoms with Crippen LogP contribution >= 0.6 is 0 Å². The molecule has 2 heterocycles. The van der Waals surface area contributed by atoms with Crippen LogP contribution in [0.25, 0.3) is 16.9 Å². The van der Waals surface area contributed by atoms with E-state index in [1.165, 1.54) is 5.56 Å². The van der Waals surface area contributed by atoms with E-state index in [4.69, 9.17) is 9.84 Å². The third kappa shape index (κ3) is 5.63. The summed E-state index contributed by atoms with van der Waals surface area (Å²) >= 11 is 0. The van der Waals surface area contributed by atoms with Gasteiger partial charge in [0.25, 0.3) is 0 Å². The van der Waals surface area contributed by atoms with Crippen molar-refractivity contribution in [2.75, 3.05) is 19.0 Å². The summed E-state index contributed by atoms with van der Waals surface area (Å²) in [4.78, 5) is 17.8. The number of methoxy groups -OCH3 is 1. The normalized spacial score (nSPS) is 18.9. The molecule has 7 heteroatoms. The number of urea groups is 1. The smallest absolute Gasteiger partial charge is 0.320 e. The molecular weight excluding hydrogens is 474 g/mol. The van der Waals surface area contributed by atoms with Crippen LogP contribution in [-0.4, -0.2) is 40.6 Å². The third-order valence-corrected chi connectivity index (χ3v) is 7.46. The summed E-state index contributed by atoms with van der Waals surface area (Å²) in [5.41, 5.74) is 5.74. The Morgan fingerprint density at radius 2 is 1.76 bits per heavy atom. The standard InChI is InChI=1S/C31H35N5O2/c1-21-18-25(14-16-32-21)29-22(2)30(36(35-29)26-12-8-5-9-13-26)34-31(37)33-28-20-23(15-17-38-3)19-27(28)24-10-6-4-7-11-24/h4-14,16,18,23,27-28H,15,17,19-20H2,1-3H3,(H2,33,34,37)/t23?,27-,28?/m0/s1. The number of para-hydroxylation sites is 1. The zero-order valence-corrected chi connectivity index (χ0v) is 22.2. The Bertz CT molecular complexity index is 1370. The van der Waals surface area contributed by atoms with E-state index in [1.807, 2.05) is 67.1 Å². The van der Waals surface area contributed by atoms with E-state index in [2.05, 4.69) is 39.9 Å². The first-order chi connectivity index (χ1) is 18.5. The van der Waals surface area contributed by atoms with Crippen molar-refractivity contribution >= 4 is 11.8 Å². The first kappa shape index (κ1) is 25.7. The van der Waals surface area contributed by atoms with Crippen LogP contribution in [0.15, 0.2) is 79.0 Å². The van der Waals surface area contributed by atoms with Crippen molar-refractivity contribution in [3.8, 4) is 16.9 Å². The Morgan fingerprint density at radius 3 is 2.47 bits per heavy atom. The van der Waals surface area contributed by atoms with Crippen LogP contribution in [0, 0.1) is 19.8 Å². The highest BCUT2D eigenvalue weighted by Gasteiger charge is 2.36. The summed E-state index contributed by atoms with van der Waals surface area (Å²) in [6, 6.07) is 24.1. The fourth-order valence-corrected chi connectivity index (χ4v) is 5.57. The number of pyridine rings is 1. The molecule has 7 nitrogen and oxygen atoms in total. The topological polar surface area (TPSA) is 81.1 Å². The second-order valence-electron chi connectivity index (χ2n) is 10.1. The average molecular weight is 510 g/mol. The van der Waals surface area contributed by atoms with Crippen LogP contribution in [-0.2, 0) is 4.74 Å². The zero-order chi connectivity index (χ0) is 26.5. The van der Waals surface area contributed by atoms with Crippen molar-refractivity contribution < 1.29 is 9.53 Å². The summed E-state index contributed by atoms with van der Waals surface area (Å²) in [6.07, 6.45) is 4.74. The first-order valence-electron chi connectivity index (χ1n) is 13.2. The molecule has 1 aliphatic rings. The van der Waals surface area contributed by atoms with Crippen molar-refractivity contribution in [2.45, 2.75) is 45.1 Å². The number of carbonyl (C=O) groups is 1. The molecule has 1 aliphatic carbocycles. The highest BCUT2D eigenvalue weighted by atomic mass is 16.5. The molecule has 0 radical (unpaired) electrons. The van der Waals surface area contributed by atoms with Crippen molar-refractivity contribution in [3.05, 3.63) is 95.8 Å². The van der Waals surface area contributed by atoms with Crippen molar-refractivity contribution in [1.29, 1.82) is 0 Å². The molecule has 1 fully saturated rings. The van der Waals surface area contributed by atoms with Crippen LogP contribution in [0.4, 0.5) is 10.6 Å². The summed E-state index contributed by atoms with van der Waals surface area (Å²) in [5, 5.41) is 11.4. The fraction of sp³-hybridized carbons (Fsp3) is 0.323. The van der Waals surface area contributed by atoms with Gasteiger partial charge < -0.3 is 10.1 Å². The van der Waals surface area contributed by atoms with Gasteiger partial charge in [-0.2, -0.15) is 5.10 Å². The molecule has 0 aliphatic heterocycles. The Labute approximate surface area is 224 Å². The zero-order valence-electron chi connectivity index (χ0n) is 22.2. The van der Waals surface area contributed by atoms with E-state index in [0.29, 0.717) is 11.7 Å². The Morgan fingerprint density at radius 1 is 1.03 bits per heavy atom. The predicted octanol–water partition coefficient (Wildman–Crippen LogP) is 6.27. The highest BCUT2D eigenvalue weighted by Crippen LogP contribution is 2.40. The number of amides is 2. The molecule has 0 bridgehead atoms. The number of carbonyl (C=O) groups excluding carboxylic acids is 1.